The van der Waals surface area contributed by atoms with Gasteiger partial charge in [0.1, 0.15) is 0 Å². The van der Waals surface area contributed by atoms with Crippen LogP contribution in [0.1, 0.15) is 63.7 Å². The summed E-state index contributed by atoms with van der Waals surface area (Å²) in [6, 6.07) is 21.8. The average molecular weight is 485 g/mol. The van der Waals surface area contributed by atoms with Gasteiger partial charge in [-0.2, -0.15) is 0 Å². The number of carbonyl (C=O) groups is 4. The van der Waals surface area contributed by atoms with E-state index in [4.69, 9.17) is 23.2 Å². The zero-order valence-electron chi connectivity index (χ0n) is 17.5. The first-order valence-electron chi connectivity index (χ1n) is 10.3. The van der Waals surface area contributed by atoms with Gasteiger partial charge in [0.25, 0.3) is 0 Å². The maximum Gasteiger partial charge on any atom is 0.195 e. The van der Waals surface area contributed by atoms with E-state index in [0.717, 1.165) is 0 Å². The van der Waals surface area contributed by atoms with Crippen molar-refractivity contribution in [1.29, 1.82) is 0 Å². The van der Waals surface area contributed by atoms with Gasteiger partial charge < -0.3 is 0 Å². The molecule has 0 saturated heterocycles. The summed E-state index contributed by atoms with van der Waals surface area (Å²) in [6.07, 6.45) is 0. The van der Waals surface area contributed by atoms with Gasteiger partial charge in [0.15, 0.2) is 23.1 Å². The third kappa shape index (κ3) is 3.58. The minimum Gasteiger partial charge on any atom is -0.289 e. The topological polar surface area (TPSA) is 68.3 Å². The minimum absolute atomic E-state index is 0.0380. The zero-order chi connectivity index (χ0) is 24.0. The molecule has 34 heavy (non-hydrogen) atoms. The highest BCUT2D eigenvalue weighted by Crippen LogP contribution is 2.33. The molecule has 164 valence electrons. The van der Waals surface area contributed by atoms with Crippen LogP contribution in [-0.2, 0) is 0 Å². The molecular weight excluding hydrogens is 471 g/mol. The summed E-state index contributed by atoms with van der Waals surface area (Å²) in [6.45, 7) is 0. The maximum absolute atomic E-state index is 13.6. The van der Waals surface area contributed by atoms with Crippen LogP contribution in [0.15, 0.2) is 84.9 Å². The van der Waals surface area contributed by atoms with E-state index in [9.17, 15) is 19.2 Å². The van der Waals surface area contributed by atoms with Crippen LogP contribution >= 0.6 is 23.2 Å². The first-order chi connectivity index (χ1) is 16.4. The molecule has 6 heteroatoms. The lowest BCUT2D eigenvalue weighted by Gasteiger charge is -2.21. The zero-order valence-corrected chi connectivity index (χ0v) is 19.0. The first kappa shape index (κ1) is 22.0. The molecule has 5 rings (SSSR count). The summed E-state index contributed by atoms with van der Waals surface area (Å²) in [5, 5.41) is 0.953. The lowest BCUT2D eigenvalue weighted by atomic mass is 9.78. The normalized spacial score (nSPS) is 12.2. The van der Waals surface area contributed by atoms with Crippen LogP contribution < -0.4 is 0 Å². The molecule has 0 saturated carbocycles. The van der Waals surface area contributed by atoms with Crippen molar-refractivity contribution in [3.8, 4) is 0 Å². The van der Waals surface area contributed by atoms with Crippen molar-refractivity contribution in [3.63, 3.8) is 0 Å². The second kappa shape index (κ2) is 8.49. The minimum atomic E-state index is -0.478. The summed E-state index contributed by atoms with van der Waals surface area (Å²) in [5.74, 6) is -1.75. The molecule has 1 aliphatic rings. The van der Waals surface area contributed by atoms with Gasteiger partial charge in [-0.3, -0.25) is 19.2 Å². The SMILES string of the molecule is O=C(c1ccc(Cl)cc1)c1cccc2c1C(=O)c1cccc(C(=O)c3ccc(Cl)cc3)c1C2=O. The molecule has 4 aromatic rings. The molecule has 0 aliphatic heterocycles. The van der Waals surface area contributed by atoms with Crippen molar-refractivity contribution in [2.45, 2.75) is 0 Å². The molecule has 4 nitrogen and oxygen atoms in total. The summed E-state index contributed by atoms with van der Waals surface area (Å²) in [5.41, 5.74) is 1.19. The summed E-state index contributed by atoms with van der Waals surface area (Å²) < 4.78 is 0. The fraction of sp³-hybridized carbons (Fsp3) is 0. The molecule has 0 spiro atoms. The third-order valence-electron chi connectivity index (χ3n) is 5.77. The summed E-state index contributed by atoms with van der Waals surface area (Å²) >= 11 is 11.8. The van der Waals surface area contributed by atoms with Crippen LogP contribution in [0.4, 0.5) is 0 Å². The van der Waals surface area contributed by atoms with Gasteiger partial charge in [-0.15, -0.1) is 0 Å². The predicted molar refractivity (Wildman–Crippen MR) is 130 cm³/mol. The Balaban J connectivity index is 1.64. The van der Waals surface area contributed by atoms with Crippen molar-refractivity contribution < 1.29 is 19.2 Å². The highest BCUT2D eigenvalue weighted by atomic mass is 35.5. The Morgan fingerprint density at radius 1 is 0.500 bits per heavy atom. The number of hydrogen-bond acceptors (Lipinski definition) is 4. The van der Waals surface area contributed by atoms with Gasteiger partial charge in [-0.25, -0.2) is 0 Å². The molecule has 0 unspecified atom stereocenters. The van der Waals surface area contributed by atoms with Crippen molar-refractivity contribution in [2.24, 2.45) is 0 Å². The molecule has 1 aliphatic carbocycles. The fourth-order valence-corrected chi connectivity index (χ4v) is 4.39. The van der Waals surface area contributed by atoms with Crippen molar-refractivity contribution in [3.05, 3.63) is 139 Å². The van der Waals surface area contributed by atoms with E-state index in [1.807, 2.05) is 0 Å². The molecule has 0 fully saturated rings. The number of hydrogen-bond donors (Lipinski definition) is 0. The monoisotopic (exact) mass is 484 g/mol. The lowest BCUT2D eigenvalue weighted by Crippen LogP contribution is -2.26. The Hall–Kier alpha value is -3.86. The molecule has 0 radical (unpaired) electrons. The Kier molecular flexibility index (Phi) is 5.48. The van der Waals surface area contributed by atoms with Crippen LogP contribution in [0.25, 0.3) is 0 Å². The number of ketones is 4. The fourth-order valence-electron chi connectivity index (χ4n) is 4.13. The van der Waals surface area contributed by atoms with Crippen LogP contribution in [-0.4, -0.2) is 23.1 Å². The molecule has 0 atom stereocenters. The summed E-state index contributed by atoms with van der Waals surface area (Å²) in [7, 11) is 0. The number of carbonyl (C=O) groups excluding carboxylic acids is 4. The summed E-state index contributed by atoms with van der Waals surface area (Å²) in [4.78, 5) is 53.6. The van der Waals surface area contributed by atoms with Gasteiger partial charge in [-0.1, -0.05) is 59.6 Å². The van der Waals surface area contributed by atoms with E-state index in [1.54, 1.807) is 60.7 Å². The highest BCUT2D eigenvalue weighted by molar-refractivity contribution is 6.35. The molecular formula is C28H14Cl2O4. The number of rotatable bonds is 4. The first-order valence-corrected chi connectivity index (χ1v) is 11.1. The molecule has 0 N–H and O–H groups in total. The molecule has 4 aromatic carbocycles. The molecule has 0 aromatic heterocycles. The van der Waals surface area contributed by atoms with E-state index in [1.165, 1.54) is 24.3 Å². The van der Waals surface area contributed by atoms with Gasteiger partial charge >= 0.3 is 0 Å². The number of halogens is 2. The molecule has 0 heterocycles. The van der Waals surface area contributed by atoms with Gasteiger partial charge in [-0.05, 0) is 48.5 Å². The van der Waals surface area contributed by atoms with Crippen LogP contribution in [0, 0.1) is 0 Å². The standard InChI is InChI=1S/C28H14Cl2O4/c29-17-11-7-15(8-12-17)25(31)19-3-1-5-21-23(19)28(34)22-6-2-4-20(24(22)27(21)33)26(32)16-9-13-18(30)14-10-16/h1-14H. The number of fused-ring (bicyclic) bond motifs is 2. The lowest BCUT2D eigenvalue weighted by molar-refractivity contribution is 0.0964. The van der Waals surface area contributed by atoms with Crippen LogP contribution in [0.2, 0.25) is 10.0 Å². The maximum atomic E-state index is 13.6. The highest BCUT2D eigenvalue weighted by Gasteiger charge is 2.36. The Labute approximate surface area is 204 Å². The van der Waals surface area contributed by atoms with Crippen LogP contribution in [0.3, 0.4) is 0 Å². The van der Waals surface area contributed by atoms with Crippen LogP contribution in [0.5, 0.6) is 0 Å². The largest absolute Gasteiger partial charge is 0.289 e. The van der Waals surface area contributed by atoms with Gasteiger partial charge in [0.2, 0.25) is 0 Å². The third-order valence-corrected chi connectivity index (χ3v) is 6.28. The Morgan fingerprint density at radius 2 is 0.853 bits per heavy atom. The Morgan fingerprint density at radius 3 is 1.21 bits per heavy atom. The van der Waals surface area contributed by atoms with Gasteiger partial charge in [0, 0.05) is 54.6 Å². The van der Waals surface area contributed by atoms with Gasteiger partial charge in [0.05, 0.1) is 0 Å². The molecule has 0 bridgehead atoms. The smallest absolute Gasteiger partial charge is 0.195 e. The van der Waals surface area contributed by atoms with Crippen molar-refractivity contribution in [2.75, 3.05) is 0 Å². The van der Waals surface area contributed by atoms with E-state index in [2.05, 4.69) is 0 Å². The second-order valence-electron chi connectivity index (χ2n) is 7.79. The van der Waals surface area contributed by atoms with Crippen molar-refractivity contribution in [1.82, 2.24) is 0 Å². The average Bonchev–Trinajstić information content (AvgIpc) is 2.86. The van der Waals surface area contributed by atoms with Crippen molar-refractivity contribution >= 4 is 46.3 Å². The number of benzene rings is 4. The quantitative estimate of drug-likeness (QED) is 0.283. The van der Waals surface area contributed by atoms with E-state index >= 15 is 0 Å². The second-order valence-corrected chi connectivity index (χ2v) is 8.66. The predicted octanol–water partition coefficient (Wildman–Crippen LogP) is 6.23. The Bertz CT molecular complexity index is 1400. The van der Waals surface area contributed by atoms with E-state index in [-0.39, 0.29) is 33.4 Å². The molecule has 0 amide bonds. The van der Waals surface area contributed by atoms with E-state index < -0.39 is 23.1 Å². The van der Waals surface area contributed by atoms with E-state index in [0.29, 0.717) is 21.2 Å².